The third kappa shape index (κ3) is 4.10. The van der Waals surface area contributed by atoms with Crippen molar-refractivity contribution in [3.8, 4) is 5.75 Å². The highest BCUT2D eigenvalue weighted by Crippen LogP contribution is 2.37. The summed E-state index contributed by atoms with van der Waals surface area (Å²) in [5.41, 5.74) is 2.58. The Bertz CT molecular complexity index is 1070. The Labute approximate surface area is 182 Å². The van der Waals surface area contributed by atoms with Crippen molar-refractivity contribution in [2.75, 3.05) is 25.1 Å². The average Bonchev–Trinajstić information content (AvgIpc) is 3.01. The Morgan fingerprint density at radius 3 is 2.58 bits per heavy atom. The summed E-state index contributed by atoms with van der Waals surface area (Å²) in [6.07, 6.45) is 4.05. The smallest absolute Gasteiger partial charge is 0.230 e. The Morgan fingerprint density at radius 1 is 1.19 bits per heavy atom. The average molecular weight is 421 g/mol. The number of benzene rings is 1. The van der Waals surface area contributed by atoms with Crippen molar-refractivity contribution in [1.29, 1.82) is 0 Å². The number of amides is 1. The zero-order valence-electron chi connectivity index (χ0n) is 18.4. The topological polar surface area (TPSA) is 85.2 Å². The maximum Gasteiger partial charge on any atom is 0.230 e. The number of aryl methyl sites for hydroxylation is 1. The highest BCUT2D eigenvalue weighted by molar-refractivity contribution is 5.86. The van der Waals surface area contributed by atoms with Gasteiger partial charge in [-0.3, -0.25) is 4.79 Å². The molecule has 162 valence electrons. The fraction of sp³-hybridized carbons (Fsp3) is 0.391. The first-order valence-electron chi connectivity index (χ1n) is 10.3. The molecule has 31 heavy (non-hydrogen) atoms. The highest BCUT2D eigenvalue weighted by Gasteiger charge is 2.50. The number of ether oxygens (including phenoxy) is 1. The van der Waals surface area contributed by atoms with Gasteiger partial charge in [-0.05, 0) is 44.0 Å². The first kappa shape index (κ1) is 20.8. The molecule has 0 bridgehead atoms. The Hall–Kier alpha value is -3.42. The van der Waals surface area contributed by atoms with Crippen molar-refractivity contribution >= 4 is 11.9 Å². The van der Waals surface area contributed by atoms with Crippen LogP contribution in [0.2, 0.25) is 0 Å². The van der Waals surface area contributed by atoms with Crippen molar-refractivity contribution in [1.82, 2.24) is 24.8 Å². The molecule has 0 spiro atoms. The standard InChI is InChI=1S/C23H28N6O2/c1-16-17(2)28(3)20(27-16)13-26-21(30)23(12-18-7-5-8-19(11-18)31-4)14-29(15-23)22-24-9-6-10-25-22/h5-11H,12-15H2,1-4H3,(H,26,30). The molecule has 3 heterocycles. The molecule has 3 aromatic rings. The fourth-order valence-corrected chi connectivity index (χ4v) is 4.08. The molecule has 4 rings (SSSR count). The van der Waals surface area contributed by atoms with E-state index < -0.39 is 5.41 Å². The van der Waals surface area contributed by atoms with Gasteiger partial charge in [-0.15, -0.1) is 0 Å². The molecule has 1 aliphatic heterocycles. The van der Waals surface area contributed by atoms with Gasteiger partial charge in [0.15, 0.2) is 0 Å². The van der Waals surface area contributed by atoms with Crippen molar-refractivity contribution in [3.05, 3.63) is 65.5 Å². The lowest BCUT2D eigenvalue weighted by molar-refractivity contribution is -0.132. The van der Waals surface area contributed by atoms with Crippen LogP contribution in [0.1, 0.15) is 22.8 Å². The fourth-order valence-electron chi connectivity index (χ4n) is 4.08. The van der Waals surface area contributed by atoms with E-state index in [0.717, 1.165) is 28.5 Å². The summed E-state index contributed by atoms with van der Waals surface area (Å²) in [5.74, 6) is 2.30. The van der Waals surface area contributed by atoms with Crippen LogP contribution >= 0.6 is 0 Å². The number of rotatable bonds is 7. The molecule has 0 radical (unpaired) electrons. The molecular weight excluding hydrogens is 392 g/mol. The predicted molar refractivity (Wildman–Crippen MR) is 118 cm³/mol. The van der Waals surface area contributed by atoms with Crippen molar-refractivity contribution < 1.29 is 9.53 Å². The van der Waals surface area contributed by atoms with Gasteiger partial charge in [-0.1, -0.05) is 12.1 Å². The van der Waals surface area contributed by atoms with Gasteiger partial charge in [-0.2, -0.15) is 0 Å². The van der Waals surface area contributed by atoms with Crippen molar-refractivity contribution in [3.63, 3.8) is 0 Å². The quantitative estimate of drug-likeness (QED) is 0.631. The number of hydrogen-bond acceptors (Lipinski definition) is 6. The summed E-state index contributed by atoms with van der Waals surface area (Å²) in [6.45, 7) is 5.51. The minimum Gasteiger partial charge on any atom is -0.497 e. The molecule has 1 aliphatic rings. The van der Waals surface area contributed by atoms with Crippen LogP contribution in [0.4, 0.5) is 5.95 Å². The molecule has 0 atom stereocenters. The highest BCUT2D eigenvalue weighted by atomic mass is 16.5. The Morgan fingerprint density at radius 2 is 1.94 bits per heavy atom. The van der Waals surface area contributed by atoms with E-state index in [0.29, 0.717) is 32.0 Å². The Balaban J connectivity index is 1.53. The van der Waals surface area contributed by atoms with Gasteiger partial charge in [0, 0.05) is 38.2 Å². The molecule has 1 N–H and O–H groups in total. The molecule has 1 fully saturated rings. The van der Waals surface area contributed by atoms with Gasteiger partial charge >= 0.3 is 0 Å². The second-order valence-corrected chi connectivity index (χ2v) is 8.15. The van der Waals surface area contributed by atoms with E-state index in [1.165, 1.54) is 0 Å². The molecule has 1 amide bonds. The molecule has 0 unspecified atom stereocenters. The number of hydrogen-bond donors (Lipinski definition) is 1. The van der Waals surface area contributed by atoms with Crippen LogP contribution in [-0.2, 0) is 24.8 Å². The SMILES string of the molecule is COc1cccc(CC2(C(=O)NCc3nc(C)c(C)n3C)CN(c3ncccn3)C2)c1. The number of anilines is 1. The predicted octanol–water partition coefficient (Wildman–Crippen LogP) is 2.20. The maximum atomic E-state index is 13.4. The molecule has 2 aromatic heterocycles. The second-order valence-electron chi connectivity index (χ2n) is 8.15. The van der Waals surface area contributed by atoms with Crippen LogP contribution in [0.5, 0.6) is 5.75 Å². The molecule has 8 nitrogen and oxygen atoms in total. The Kier molecular flexibility index (Phi) is 5.63. The molecule has 1 saturated heterocycles. The van der Waals surface area contributed by atoms with Crippen LogP contribution in [0, 0.1) is 19.3 Å². The third-order valence-corrected chi connectivity index (χ3v) is 6.10. The van der Waals surface area contributed by atoms with E-state index in [4.69, 9.17) is 4.74 Å². The monoisotopic (exact) mass is 420 g/mol. The first-order valence-corrected chi connectivity index (χ1v) is 10.3. The summed E-state index contributed by atoms with van der Waals surface area (Å²) in [5, 5.41) is 3.12. The van der Waals surface area contributed by atoms with Gasteiger partial charge in [0.1, 0.15) is 11.6 Å². The lowest BCUT2D eigenvalue weighted by atomic mass is 9.74. The minimum absolute atomic E-state index is 0.0146. The van der Waals surface area contributed by atoms with Crippen molar-refractivity contribution in [2.45, 2.75) is 26.8 Å². The largest absolute Gasteiger partial charge is 0.497 e. The lowest BCUT2D eigenvalue weighted by Gasteiger charge is -2.49. The van der Waals surface area contributed by atoms with E-state index >= 15 is 0 Å². The number of carbonyl (C=O) groups is 1. The number of nitrogens with zero attached hydrogens (tertiary/aromatic N) is 5. The van der Waals surface area contributed by atoms with Gasteiger partial charge in [0.2, 0.25) is 11.9 Å². The summed E-state index contributed by atoms with van der Waals surface area (Å²) in [7, 11) is 3.62. The summed E-state index contributed by atoms with van der Waals surface area (Å²) in [6, 6.07) is 9.67. The molecular formula is C23H28N6O2. The first-order chi connectivity index (χ1) is 14.9. The van der Waals surface area contributed by atoms with Crippen LogP contribution in [-0.4, -0.2) is 45.6 Å². The molecule has 8 heteroatoms. The number of carbonyl (C=O) groups excluding carboxylic acids is 1. The zero-order valence-corrected chi connectivity index (χ0v) is 18.4. The van der Waals surface area contributed by atoms with E-state index in [-0.39, 0.29) is 5.91 Å². The van der Waals surface area contributed by atoms with Gasteiger partial charge < -0.3 is 19.5 Å². The van der Waals surface area contributed by atoms with E-state index in [1.54, 1.807) is 25.6 Å². The third-order valence-electron chi connectivity index (χ3n) is 6.10. The van der Waals surface area contributed by atoms with Crippen molar-refractivity contribution in [2.24, 2.45) is 12.5 Å². The van der Waals surface area contributed by atoms with Crippen LogP contribution in [0.15, 0.2) is 42.7 Å². The number of aromatic nitrogens is 4. The summed E-state index contributed by atoms with van der Waals surface area (Å²) >= 11 is 0. The number of methoxy groups -OCH3 is 1. The maximum absolute atomic E-state index is 13.4. The van der Waals surface area contributed by atoms with E-state index in [2.05, 4.69) is 20.3 Å². The zero-order chi connectivity index (χ0) is 22.0. The van der Waals surface area contributed by atoms with Crippen LogP contribution < -0.4 is 15.0 Å². The van der Waals surface area contributed by atoms with Gasteiger partial charge in [-0.25, -0.2) is 15.0 Å². The van der Waals surface area contributed by atoms with E-state index in [9.17, 15) is 4.79 Å². The molecule has 0 saturated carbocycles. The summed E-state index contributed by atoms with van der Waals surface area (Å²) in [4.78, 5) is 28.7. The van der Waals surface area contributed by atoms with Gasteiger partial charge in [0.05, 0.1) is 24.8 Å². The number of imidazole rings is 1. The lowest BCUT2D eigenvalue weighted by Crippen LogP contribution is -2.64. The number of nitrogens with one attached hydrogen (secondary N) is 1. The second kappa shape index (κ2) is 8.37. The van der Waals surface area contributed by atoms with Crippen LogP contribution in [0.3, 0.4) is 0 Å². The summed E-state index contributed by atoms with van der Waals surface area (Å²) < 4.78 is 7.38. The molecule has 0 aliphatic carbocycles. The van der Waals surface area contributed by atoms with Gasteiger partial charge in [0.25, 0.3) is 0 Å². The molecule has 1 aromatic carbocycles. The minimum atomic E-state index is -0.569. The van der Waals surface area contributed by atoms with E-state index in [1.807, 2.05) is 54.6 Å². The van der Waals surface area contributed by atoms with Crippen LogP contribution in [0.25, 0.3) is 0 Å². The normalized spacial score (nSPS) is 14.8.